The summed E-state index contributed by atoms with van der Waals surface area (Å²) < 4.78 is 11.0. The number of carbonyl (C=O) groups is 4. The number of ether oxygens (including phenoxy) is 2. The van der Waals surface area contributed by atoms with Crippen molar-refractivity contribution in [2.45, 2.75) is 38.3 Å². The zero-order valence-corrected chi connectivity index (χ0v) is 23.4. The Morgan fingerprint density at radius 3 is 2.17 bits per heavy atom. The van der Waals surface area contributed by atoms with E-state index in [1.54, 1.807) is 0 Å². The third-order valence-corrected chi connectivity index (χ3v) is 8.13. The molecule has 1 saturated heterocycles. The fourth-order valence-corrected chi connectivity index (χ4v) is 5.76. The van der Waals surface area contributed by atoms with Gasteiger partial charge in [0, 0.05) is 19.0 Å². The number of rotatable bonds is 9. The number of carboxylic acid groups (broad SMARTS) is 1. The standard InChI is InChI=1S/C33H34N2O7/c1-21-15-16-35(18-27(21)32(38)39)31(37)29(17-30(36)41-19-22-9-3-2-4-10-22)34-33(40)42-20-28-25-13-7-5-11-23(25)24-12-6-8-14-26(24)28/h2-14,21,27-29H,15-20H2,1H3,(H,34,40)(H,38,39)/t21?,27?,29-/m0/s1. The van der Waals surface area contributed by atoms with Crippen LogP contribution in [0.25, 0.3) is 11.1 Å². The van der Waals surface area contributed by atoms with Crippen LogP contribution in [0.15, 0.2) is 78.9 Å². The first-order chi connectivity index (χ1) is 20.3. The van der Waals surface area contributed by atoms with Gasteiger partial charge in [0.25, 0.3) is 0 Å². The number of piperidine rings is 1. The number of benzene rings is 3. The van der Waals surface area contributed by atoms with Gasteiger partial charge in [-0.15, -0.1) is 0 Å². The lowest BCUT2D eigenvalue weighted by Crippen LogP contribution is -2.54. The van der Waals surface area contributed by atoms with Crippen molar-refractivity contribution in [1.29, 1.82) is 0 Å². The largest absolute Gasteiger partial charge is 0.481 e. The number of aliphatic carboxylic acids is 1. The summed E-state index contributed by atoms with van der Waals surface area (Å²) in [4.78, 5) is 52.6. The molecule has 9 nitrogen and oxygen atoms in total. The average Bonchev–Trinajstić information content (AvgIpc) is 3.32. The number of carboxylic acids is 1. The van der Waals surface area contributed by atoms with Crippen LogP contribution in [0.4, 0.5) is 4.79 Å². The second-order valence-corrected chi connectivity index (χ2v) is 10.9. The molecule has 5 rings (SSSR count). The zero-order chi connectivity index (χ0) is 29.6. The van der Waals surface area contributed by atoms with Crippen LogP contribution in [0.1, 0.15) is 42.4 Å². The van der Waals surface area contributed by atoms with E-state index in [4.69, 9.17) is 9.47 Å². The highest BCUT2D eigenvalue weighted by Crippen LogP contribution is 2.44. The Hall–Kier alpha value is -4.66. The fourth-order valence-electron chi connectivity index (χ4n) is 5.76. The molecule has 218 valence electrons. The molecule has 0 aromatic heterocycles. The van der Waals surface area contributed by atoms with Crippen LogP contribution in [-0.2, 0) is 30.5 Å². The number of hydrogen-bond donors (Lipinski definition) is 2. The number of esters is 1. The molecule has 3 atom stereocenters. The van der Waals surface area contributed by atoms with Crippen LogP contribution in [0.5, 0.6) is 0 Å². The summed E-state index contributed by atoms with van der Waals surface area (Å²) in [5.74, 6) is -3.20. The number of hydrogen-bond acceptors (Lipinski definition) is 6. The van der Waals surface area contributed by atoms with E-state index in [1.165, 1.54) is 4.90 Å². The van der Waals surface area contributed by atoms with E-state index in [9.17, 15) is 24.3 Å². The fraction of sp³-hybridized carbons (Fsp3) is 0.333. The SMILES string of the molecule is CC1CCN(C(=O)[C@H](CC(=O)OCc2ccccc2)NC(=O)OCC2c3ccccc3-c3ccccc32)CC1C(=O)O. The molecule has 2 amide bonds. The monoisotopic (exact) mass is 570 g/mol. The molecular weight excluding hydrogens is 536 g/mol. The van der Waals surface area contributed by atoms with Gasteiger partial charge in [-0.3, -0.25) is 14.4 Å². The van der Waals surface area contributed by atoms with Crippen LogP contribution < -0.4 is 5.32 Å². The van der Waals surface area contributed by atoms with Gasteiger partial charge in [-0.1, -0.05) is 85.8 Å². The minimum atomic E-state index is -1.27. The van der Waals surface area contributed by atoms with Crippen molar-refractivity contribution in [3.8, 4) is 11.1 Å². The molecule has 1 aliphatic carbocycles. The van der Waals surface area contributed by atoms with E-state index >= 15 is 0 Å². The highest BCUT2D eigenvalue weighted by Gasteiger charge is 2.37. The van der Waals surface area contributed by atoms with Gasteiger partial charge in [0.1, 0.15) is 19.3 Å². The number of fused-ring (bicyclic) bond motifs is 3. The number of nitrogens with zero attached hydrogens (tertiary/aromatic N) is 1. The maximum atomic E-state index is 13.6. The molecule has 1 heterocycles. The molecule has 1 fully saturated rings. The summed E-state index contributed by atoms with van der Waals surface area (Å²) in [6.45, 7) is 2.23. The van der Waals surface area contributed by atoms with Gasteiger partial charge in [0.05, 0.1) is 12.3 Å². The predicted octanol–water partition coefficient (Wildman–Crippen LogP) is 4.60. The van der Waals surface area contributed by atoms with Gasteiger partial charge < -0.3 is 24.8 Å². The summed E-state index contributed by atoms with van der Waals surface area (Å²) in [6.07, 6.45) is -0.760. The van der Waals surface area contributed by atoms with E-state index in [0.717, 1.165) is 27.8 Å². The van der Waals surface area contributed by atoms with Crippen LogP contribution in [0.2, 0.25) is 0 Å². The predicted molar refractivity (Wildman–Crippen MR) is 154 cm³/mol. The summed E-state index contributed by atoms with van der Waals surface area (Å²) in [7, 11) is 0. The Kier molecular flexibility index (Phi) is 8.85. The average molecular weight is 571 g/mol. The molecule has 42 heavy (non-hydrogen) atoms. The van der Waals surface area contributed by atoms with Crippen molar-refractivity contribution in [2.75, 3.05) is 19.7 Å². The van der Waals surface area contributed by atoms with Crippen molar-refractivity contribution in [3.63, 3.8) is 0 Å². The van der Waals surface area contributed by atoms with Gasteiger partial charge >= 0.3 is 18.0 Å². The first-order valence-corrected chi connectivity index (χ1v) is 14.1. The summed E-state index contributed by atoms with van der Waals surface area (Å²) in [6, 6.07) is 23.8. The first kappa shape index (κ1) is 28.9. The molecule has 0 bridgehead atoms. The highest BCUT2D eigenvalue weighted by atomic mass is 16.5. The molecule has 0 spiro atoms. The Bertz CT molecular complexity index is 1410. The molecule has 3 aromatic rings. The van der Waals surface area contributed by atoms with Gasteiger partial charge in [-0.05, 0) is 40.2 Å². The molecule has 2 N–H and O–H groups in total. The molecular formula is C33H34N2O7. The number of carbonyl (C=O) groups excluding carboxylic acids is 3. The number of alkyl carbamates (subject to hydrolysis) is 1. The minimum absolute atomic E-state index is 0.00271. The van der Waals surface area contributed by atoms with E-state index in [0.29, 0.717) is 13.0 Å². The zero-order valence-electron chi connectivity index (χ0n) is 23.4. The van der Waals surface area contributed by atoms with Gasteiger partial charge in [0.15, 0.2) is 0 Å². The molecule has 9 heteroatoms. The lowest BCUT2D eigenvalue weighted by molar-refractivity contribution is -0.152. The highest BCUT2D eigenvalue weighted by molar-refractivity contribution is 5.90. The van der Waals surface area contributed by atoms with Crippen molar-refractivity contribution in [3.05, 3.63) is 95.6 Å². The number of amides is 2. The Balaban J connectivity index is 1.27. The number of nitrogens with one attached hydrogen (secondary N) is 1. The smallest absolute Gasteiger partial charge is 0.407 e. The second kappa shape index (κ2) is 12.9. The molecule has 0 saturated carbocycles. The lowest BCUT2D eigenvalue weighted by atomic mass is 9.87. The summed E-state index contributed by atoms with van der Waals surface area (Å²) in [5, 5.41) is 12.2. The van der Waals surface area contributed by atoms with Crippen molar-refractivity contribution in [1.82, 2.24) is 10.2 Å². The van der Waals surface area contributed by atoms with E-state index in [1.807, 2.05) is 85.8 Å². The maximum Gasteiger partial charge on any atom is 0.407 e. The topological polar surface area (TPSA) is 122 Å². The second-order valence-electron chi connectivity index (χ2n) is 10.9. The number of likely N-dealkylation sites (tertiary alicyclic amines) is 1. The van der Waals surface area contributed by atoms with Crippen LogP contribution in [0.3, 0.4) is 0 Å². The first-order valence-electron chi connectivity index (χ1n) is 14.1. The maximum absolute atomic E-state index is 13.6. The normalized spacial score (nSPS) is 18.4. The van der Waals surface area contributed by atoms with Gasteiger partial charge in [-0.25, -0.2) is 4.79 Å². The van der Waals surface area contributed by atoms with E-state index in [2.05, 4.69) is 5.32 Å². The molecule has 2 aliphatic rings. The van der Waals surface area contributed by atoms with Crippen LogP contribution >= 0.6 is 0 Å². The van der Waals surface area contributed by atoms with Crippen LogP contribution in [0, 0.1) is 11.8 Å². The van der Waals surface area contributed by atoms with E-state index in [-0.39, 0.29) is 31.6 Å². The van der Waals surface area contributed by atoms with Gasteiger partial charge in [-0.2, -0.15) is 0 Å². The Morgan fingerprint density at radius 2 is 1.52 bits per heavy atom. The van der Waals surface area contributed by atoms with E-state index < -0.39 is 42.3 Å². The molecule has 3 aromatic carbocycles. The third kappa shape index (κ3) is 6.46. The van der Waals surface area contributed by atoms with Crippen LogP contribution in [-0.4, -0.2) is 59.7 Å². The summed E-state index contributed by atoms with van der Waals surface area (Å²) >= 11 is 0. The lowest BCUT2D eigenvalue weighted by Gasteiger charge is -2.36. The van der Waals surface area contributed by atoms with Gasteiger partial charge in [0.2, 0.25) is 5.91 Å². The van der Waals surface area contributed by atoms with Crippen molar-refractivity contribution < 1.29 is 33.8 Å². The van der Waals surface area contributed by atoms with Crippen molar-refractivity contribution in [2.24, 2.45) is 11.8 Å². The molecule has 2 unspecified atom stereocenters. The summed E-state index contributed by atoms with van der Waals surface area (Å²) in [5.41, 5.74) is 5.05. The van der Waals surface area contributed by atoms with Crippen molar-refractivity contribution >= 4 is 23.9 Å². The Morgan fingerprint density at radius 1 is 0.905 bits per heavy atom. The molecule has 0 radical (unpaired) electrons. The minimum Gasteiger partial charge on any atom is -0.481 e. The Labute approximate surface area is 244 Å². The third-order valence-electron chi connectivity index (χ3n) is 8.13. The molecule has 1 aliphatic heterocycles. The quantitative estimate of drug-likeness (QED) is 0.361.